The van der Waals surface area contributed by atoms with E-state index in [2.05, 4.69) is 4.72 Å². The number of benzene rings is 2. The summed E-state index contributed by atoms with van der Waals surface area (Å²) >= 11 is 0. The number of hydrogen-bond acceptors (Lipinski definition) is 3. The molecule has 0 spiro atoms. The molecule has 0 bridgehead atoms. The van der Waals surface area contributed by atoms with Crippen LogP contribution in [0.2, 0.25) is 0 Å². The van der Waals surface area contributed by atoms with Crippen molar-refractivity contribution in [2.75, 3.05) is 18.0 Å². The molecule has 0 aromatic heterocycles. The Morgan fingerprint density at radius 2 is 1.70 bits per heavy atom. The molecule has 23 heavy (non-hydrogen) atoms. The largest absolute Gasteiger partial charge is 0.311 e. The summed E-state index contributed by atoms with van der Waals surface area (Å²) in [6.45, 7) is 1.66. The lowest BCUT2D eigenvalue weighted by atomic mass is 10.3. The first-order chi connectivity index (χ1) is 10.9. The number of anilines is 1. The summed E-state index contributed by atoms with van der Waals surface area (Å²) in [4.78, 5) is 13.2. The minimum absolute atomic E-state index is 0.0204. The zero-order chi connectivity index (χ0) is 16.9. The maximum Gasteiger partial charge on any atom is 0.240 e. The monoisotopic (exact) mass is 336 g/mol. The van der Waals surface area contributed by atoms with Gasteiger partial charge in [-0.3, -0.25) is 4.79 Å². The molecule has 122 valence electrons. The Morgan fingerprint density at radius 3 is 2.26 bits per heavy atom. The predicted molar refractivity (Wildman–Crippen MR) is 86.1 cm³/mol. The lowest BCUT2D eigenvalue weighted by Crippen LogP contribution is -2.37. The molecule has 0 atom stereocenters. The van der Waals surface area contributed by atoms with Crippen LogP contribution in [0.5, 0.6) is 0 Å². The van der Waals surface area contributed by atoms with E-state index in [1.54, 1.807) is 24.3 Å². The molecule has 2 aromatic rings. The number of nitrogens with zero attached hydrogens (tertiary/aromatic N) is 1. The Bertz CT molecular complexity index is 762. The van der Waals surface area contributed by atoms with E-state index < -0.39 is 15.8 Å². The highest BCUT2D eigenvalue weighted by Crippen LogP contribution is 2.13. The summed E-state index contributed by atoms with van der Waals surface area (Å²) in [5.41, 5.74) is 0.695. The van der Waals surface area contributed by atoms with E-state index in [0.29, 0.717) is 5.69 Å². The summed E-state index contributed by atoms with van der Waals surface area (Å²) in [5.74, 6) is -0.687. The van der Waals surface area contributed by atoms with Crippen molar-refractivity contribution in [1.82, 2.24) is 4.72 Å². The Hall–Kier alpha value is -2.25. The quantitative estimate of drug-likeness (QED) is 0.879. The molecule has 0 aliphatic heterocycles. The zero-order valence-electron chi connectivity index (χ0n) is 12.6. The molecular formula is C16H17FN2O3S. The molecule has 5 nitrogen and oxygen atoms in total. The van der Waals surface area contributed by atoms with Gasteiger partial charge < -0.3 is 4.90 Å². The van der Waals surface area contributed by atoms with Gasteiger partial charge in [-0.25, -0.2) is 17.5 Å². The van der Waals surface area contributed by atoms with E-state index in [1.165, 1.54) is 24.0 Å². The highest BCUT2D eigenvalue weighted by atomic mass is 32.2. The highest BCUT2D eigenvalue weighted by Gasteiger charge is 2.16. The number of carbonyl (C=O) groups excluding carboxylic acids is 1. The number of para-hydroxylation sites is 1. The minimum Gasteiger partial charge on any atom is -0.311 e. The molecule has 0 aliphatic rings. The molecule has 2 rings (SSSR count). The van der Waals surface area contributed by atoms with Crippen LogP contribution in [0, 0.1) is 5.82 Å². The van der Waals surface area contributed by atoms with Crippen molar-refractivity contribution in [3.05, 3.63) is 60.4 Å². The van der Waals surface area contributed by atoms with Crippen LogP contribution in [0.4, 0.5) is 10.1 Å². The van der Waals surface area contributed by atoms with Crippen LogP contribution >= 0.6 is 0 Å². The Labute approximate surface area is 134 Å². The molecule has 0 unspecified atom stereocenters. The van der Waals surface area contributed by atoms with Crippen LogP contribution in [0.1, 0.15) is 6.92 Å². The average Bonchev–Trinajstić information content (AvgIpc) is 2.52. The third kappa shape index (κ3) is 4.61. The number of carbonyl (C=O) groups is 1. The number of amides is 1. The van der Waals surface area contributed by atoms with Gasteiger partial charge >= 0.3 is 0 Å². The molecule has 1 N–H and O–H groups in total. The summed E-state index contributed by atoms with van der Waals surface area (Å²) in [7, 11) is -3.74. The van der Waals surface area contributed by atoms with Gasteiger partial charge in [0.1, 0.15) is 5.82 Å². The van der Waals surface area contributed by atoms with Gasteiger partial charge in [-0.2, -0.15) is 0 Å². The molecule has 7 heteroatoms. The van der Waals surface area contributed by atoms with Gasteiger partial charge in [-0.15, -0.1) is 0 Å². The van der Waals surface area contributed by atoms with Crippen molar-refractivity contribution in [2.45, 2.75) is 11.8 Å². The second-order valence-corrected chi connectivity index (χ2v) is 6.62. The smallest absolute Gasteiger partial charge is 0.240 e. The van der Waals surface area contributed by atoms with E-state index >= 15 is 0 Å². The normalized spacial score (nSPS) is 11.2. The number of hydrogen-bond donors (Lipinski definition) is 1. The van der Waals surface area contributed by atoms with Crippen LogP contribution in [0.25, 0.3) is 0 Å². The van der Waals surface area contributed by atoms with Crippen molar-refractivity contribution < 1.29 is 17.6 Å². The number of halogens is 1. The fourth-order valence-corrected chi connectivity index (χ4v) is 3.09. The van der Waals surface area contributed by atoms with Crippen LogP contribution in [0.15, 0.2) is 59.5 Å². The number of rotatable bonds is 6. The third-order valence-corrected chi connectivity index (χ3v) is 4.68. The molecule has 0 saturated carbocycles. The Kier molecular flexibility index (Phi) is 5.46. The van der Waals surface area contributed by atoms with Crippen LogP contribution in [0.3, 0.4) is 0 Å². The number of nitrogens with one attached hydrogen (secondary N) is 1. The second-order valence-electron chi connectivity index (χ2n) is 4.86. The molecule has 0 heterocycles. The van der Waals surface area contributed by atoms with Gasteiger partial charge in [0.2, 0.25) is 15.9 Å². The molecule has 1 amide bonds. The molecule has 0 aliphatic carbocycles. The van der Waals surface area contributed by atoms with Gasteiger partial charge in [-0.1, -0.05) is 18.2 Å². The van der Waals surface area contributed by atoms with Gasteiger partial charge in [0.05, 0.1) is 4.90 Å². The maximum atomic E-state index is 12.8. The van der Waals surface area contributed by atoms with E-state index in [1.807, 2.05) is 6.07 Å². The van der Waals surface area contributed by atoms with Gasteiger partial charge in [-0.05, 0) is 36.4 Å². The summed E-state index contributed by atoms with van der Waals surface area (Å²) in [6, 6.07) is 13.5. The third-order valence-electron chi connectivity index (χ3n) is 3.20. The van der Waals surface area contributed by atoms with Crippen molar-refractivity contribution in [2.24, 2.45) is 0 Å². The molecule has 2 aromatic carbocycles. The van der Waals surface area contributed by atoms with Crippen LogP contribution in [-0.2, 0) is 14.8 Å². The minimum atomic E-state index is -3.74. The standard InChI is InChI=1S/C16H17FN2O3S/c1-13(20)19(15-5-3-2-4-6-15)12-11-18-23(21,22)16-9-7-14(17)8-10-16/h2-10,18H,11-12H2,1H3. The first-order valence-corrected chi connectivity index (χ1v) is 8.47. The fourth-order valence-electron chi connectivity index (χ4n) is 2.07. The van der Waals surface area contributed by atoms with Crippen molar-refractivity contribution in [1.29, 1.82) is 0 Å². The van der Waals surface area contributed by atoms with E-state index in [9.17, 15) is 17.6 Å². The summed E-state index contributed by atoms with van der Waals surface area (Å²) in [5, 5.41) is 0. The molecular weight excluding hydrogens is 319 g/mol. The molecule has 0 saturated heterocycles. The predicted octanol–water partition coefficient (Wildman–Crippen LogP) is 2.16. The second kappa shape index (κ2) is 7.34. The highest BCUT2D eigenvalue weighted by molar-refractivity contribution is 7.89. The first kappa shape index (κ1) is 17.1. The van der Waals surface area contributed by atoms with Crippen molar-refractivity contribution in [3.63, 3.8) is 0 Å². The van der Waals surface area contributed by atoms with Gasteiger partial charge in [0.25, 0.3) is 0 Å². The zero-order valence-corrected chi connectivity index (χ0v) is 13.4. The summed E-state index contributed by atoms with van der Waals surface area (Å²) < 4.78 is 39.4. The van der Waals surface area contributed by atoms with E-state index in [4.69, 9.17) is 0 Å². The SMILES string of the molecule is CC(=O)N(CCNS(=O)(=O)c1ccc(F)cc1)c1ccccc1. The van der Waals surface area contributed by atoms with E-state index in [-0.39, 0.29) is 23.9 Å². The lowest BCUT2D eigenvalue weighted by Gasteiger charge is -2.21. The topological polar surface area (TPSA) is 66.5 Å². The first-order valence-electron chi connectivity index (χ1n) is 6.98. The molecule has 0 fully saturated rings. The fraction of sp³-hybridized carbons (Fsp3) is 0.188. The Morgan fingerprint density at radius 1 is 1.09 bits per heavy atom. The van der Waals surface area contributed by atoms with E-state index in [0.717, 1.165) is 12.1 Å². The number of sulfonamides is 1. The summed E-state index contributed by atoms with van der Waals surface area (Å²) in [6.07, 6.45) is 0. The van der Waals surface area contributed by atoms with Crippen LogP contribution < -0.4 is 9.62 Å². The van der Waals surface area contributed by atoms with Crippen molar-refractivity contribution >= 4 is 21.6 Å². The Balaban J connectivity index is 2.02. The van der Waals surface area contributed by atoms with Crippen molar-refractivity contribution in [3.8, 4) is 0 Å². The van der Waals surface area contributed by atoms with Gasteiger partial charge in [0, 0.05) is 25.7 Å². The maximum absolute atomic E-state index is 12.8. The average molecular weight is 336 g/mol. The lowest BCUT2D eigenvalue weighted by molar-refractivity contribution is -0.116. The molecule has 0 radical (unpaired) electrons. The van der Waals surface area contributed by atoms with Crippen LogP contribution in [-0.4, -0.2) is 27.4 Å². The van der Waals surface area contributed by atoms with Gasteiger partial charge in [0.15, 0.2) is 0 Å².